The van der Waals surface area contributed by atoms with E-state index in [1.54, 1.807) is 27.7 Å². The molecular weight excluding hydrogens is 398 g/mol. The van der Waals surface area contributed by atoms with Crippen molar-refractivity contribution >= 4 is 29.6 Å². The molecule has 0 rings (SSSR count). The largest absolute Gasteiger partial charge is 0.480 e. The lowest BCUT2D eigenvalue weighted by atomic mass is 9.97. The first-order chi connectivity index (χ1) is 13.8. The van der Waals surface area contributed by atoms with Crippen LogP contribution in [0.5, 0.6) is 0 Å². The minimum absolute atomic E-state index is 0.350. The van der Waals surface area contributed by atoms with E-state index >= 15 is 0 Å². The van der Waals surface area contributed by atoms with Gasteiger partial charge >= 0.3 is 5.97 Å². The second kappa shape index (κ2) is 12.8. The van der Waals surface area contributed by atoms with Gasteiger partial charge in [0.1, 0.15) is 24.2 Å². The first-order valence-corrected chi connectivity index (χ1v) is 9.64. The maximum absolute atomic E-state index is 12.7. The van der Waals surface area contributed by atoms with Gasteiger partial charge in [-0.3, -0.25) is 19.2 Å². The van der Waals surface area contributed by atoms with Crippen LogP contribution >= 0.6 is 0 Å². The maximum atomic E-state index is 12.7. The Bertz CT molecular complexity index is 640. The van der Waals surface area contributed by atoms with Crippen LogP contribution < -0.4 is 27.4 Å². The molecular formula is C18H33N5O7. The number of nitrogens with two attached hydrogens (primary N) is 2. The quantitative estimate of drug-likeness (QED) is 0.164. The molecule has 12 heteroatoms. The van der Waals surface area contributed by atoms with Crippen molar-refractivity contribution in [3.05, 3.63) is 0 Å². The van der Waals surface area contributed by atoms with E-state index < -0.39 is 72.7 Å². The number of primary amides is 1. The highest BCUT2D eigenvalue weighted by molar-refractivity contribution is 5.96. The Morgan fingerprint density at radius 2 is 1.43 bits per heavy atom. The summed E-state index contributed by atoms with van der Waals surface area (Å²) in [4.78, 5) is 59.9. The lowest BCUT2D eigenvalue weighted by molar-refractivity contribution is -0.144. The number of aliphatic hydroxyl groups is 1. The Morgan fingerprint density at radius 3 is 1.83 bits per heavy atom. The van der Waals surface area contributed by atoms with Gasteiger partial charge in [0, 0.05) is 0 Å². The van der Waals surface area contributed by atoms with Gasteiger partial charge in [-0.25, -0.2) is 4.79 Å². The first-order valence-electron chi connectivity index (χ1n) is 9.64. The molecule has 5 unspecified atom stereocenters. The van der Waals surface area contributed by atoms with Crippen molar-refractivity contribution in [1.82, 2.24) is 16.0 Å². The van der Waals surface area contributed by atoms with Gasteiger partial charge in [0.25, 0.3) is 0 Å². The number of amides is 4. The molecule has 0 aromatic heterocycles. The van der Waals surface area contributed by atoms with Crippen LogP contribution in [-0.4, -0.2) is 70.6 Å². The minimum atomic E-state index is -1.42. The van der Waals surface area contributed by atoms with Crippen LogP contribution in [0.2, 0.25) is 0 Å². The van der Waals surface area contributed by atoms with E-state index in [1.807, 2.05) is 0 Å². The summed E-state index contributed by atoms with van der Waals surface area (Å²) >= 11 is 0. The zero-order chi connectivity index (χ0) is 23.6. The summed E-state index contributed by atoms with van der Waals surface area (Å²) in [5.74, 6) is -5.36. The summed E-state index contributed by atoms with van der Waals surface area (Å²) in [6.07, 6.45) is -0.0550. The standard InChI is InChI=1S/C18H33N5O7/c1-5-9(4)14(18(29)30)23-17(28)13(8(2)3)22-16(27)11(6-12(20)25)21-15(26)10(19)7-24/h8-11,13-14,24H,5-7,19H2,1-4H3,(H2,20,25)(H,21,26)(H,22,27)(H,23,28)(H,29,30). The molecule has 0 radical (unpaired) electrons. The molecule has 172 valence electrons. The summed E-state index contributed by atoms with van der Waals surface area (Å²) in [5, 5.41) is 25.3. The van der Waals surface area contributed by atoms with E-state index in [0.29, 0.717) is 6.42 Å². The molecule has 0 bridgehead atoms. The zero-order valence-corrected chi connectivity index (χ0v) is 17.7. The predicted molar refractivity (Wildman–Crippen MR) is 107 cm³/mol. The third kappa shape index (κ3) is 8.74. The molecule has 0 aromatic rings. The summed E-state index contributed by atoms with van der Waals surface area (Å²) in [6.45, 7) is 6.03. The van der Waals surface area contributed by atoms with Crippen molar-refractivity contribution in [2.45, 2.75) is 64.7 Å². The van der Waals surface area contributed by atoms with Crippen LogP contribution in [0.3, 0.4) is 0 Å². The second-order valence-electron chi connectivity index (χ2n) is 7.46. The SMILES string of the molecule is CCC(C)C(NC(=O)C(NC(=O)C(CC(N)=O)NC(=O)C(N)CO)C(C)C)C(=O)O. The van der Waals surface area contributed by atoms with Gasteiger partial charge in [-0.2, -0.15) is 0 Å². The predicted octanol–water partition coefficient (Wildman–Crippen LogP) is -2.58. The average molecular weight is 431 g/mol. The Balaban J connectivity index is 5.45. The Morgan fingerprint density at radius 1 is 0.900 bits per heavy atom. The number of carbonyl (C=O) groups is 5. The number of carbonyl (C=O) groups excluding carboxylic acids is 4. The summed E-state index contributed by atoms with van der Waals surface area (Å²) in [7, 11) is 0. The maximum Gasteiger partial charge on any atom is 0.326 e. The summed E-state index contributed by atoms with van der Waals surface area (Å²) in [6, 6.07) is -5.03. The lowest BCUT2D eigenvalue weighted by Crippen LogP contribution is -2.59. The molecule has 0 fully saturated rings. The first kappa shape index (κ1) is 27.3. The number of nitrogens with one attached hydrogen (secondary N) is 3. The lowest BCUT2D eigenvalue weighted by Gasteiger charge is -2.28. The number of hydrogen-bond donors (Lipinski definition) is 7. The smallest absolute Gasteiger partial charge is 0.326 e. The Kier molecular flexibility index (Phi) is 11.6. The van der Waals surface area contributed by atoms with E-state index in [1.165, 1.54) is 0 Å². The fourth-order valence-electron chi connectivity index (χ4n) is 2.49. The van der Waals surface area contributed by atoms with Crippen LogP contribution in [-0.2, 0) is 24.0 Å². The van der Waals surface area contributed by atoms with E-state index in [9.17, 15) is 29.1 Å². The number of carboxylic acids is 1. The average Bonchev–Trinajstić information content (AvgIpc) is 2.66. The van der Waals surface area contributed by atoms with Crippen molar-refractivity contribution in [3.8, 4) is 0 Å². The molecule has 0 saturated heterocycles. The molecule has 0 aliphatic rings. The molecule has 9 N–H and O–H groups in total. The Labute approximate surface area is 175 Å². The third-order valence-electron chi connectivity index (χ3n) is 4.60. The van der Waals surface area contributed by atoms with Crippen molar-refractivity contribution < 1.29 is 34.2 Å². The summed E-state index contributed by atoms with van der Waals surface area (Å²) in [5.41, 5.74) is 10.5. The minimum Gasteiger partial charge on any atom is -0.480 e. The van der Waals surface area contributed by atoms with Gasteiger partial charge in [0.2, 0.25) is 23.6 Å². The highest BCUT2D eigenvalue weighted by Gasteiger charge is 2.33. The topological polar surface area (TPSA) is 214 Å². The van der Waals surface area contributed by atoms with Crippen LogP contribution in [0.25, 0.3) is 0 Å². The molecule has 0 saturated carbocycles. The Hall–Kier alpha value is -2.73. The number of carboxylic acid groups (broad SMARTS) is 1. The highest BCUT2D eigenvalue weighted by Crippen LogP contribution is 2.10. The molecule has 0 heterocycles. The normalized spacial score (nSPS) is 16.0. The molecule has 4 amide bonds. The molecule has 5 atom stereocenters. The van der Waals surface area contributed by atoms with Crippen LogP contribution in [0, 0.1) is 11.8 Å². The zero-order valence-electron chi connectivity index (χ0n) is 17.7. The number of hydrogen-bond acceptors (Lipinski definition) is 7. The fraction of sp³-hybridized carbons (Fsp3) is 0.722. The van der Waals surface area contributed by atoms with Gasteiger partial charge in [0.15, 0.2) is 0 Å². The monoisotopic (exact) mass is 431 g/mol. The number of rotatable bonds is 13. The fourth-order valence-corrected chi connectivity index (χ4v) is 2.49. The van der Waals surface area contributed by atoms with Gasteiger partial charge in [0.05, 0.1) is 13.0 Å². The number of aliphatic hydroxyl groups excluding tert-OH is 1. The van der Waals surface area contributed by atoms with Gasteiger partial charge < -0.3 is 37.6 Å². The van der Waals surface area contributed by atoms with Crippen molar-refractivity contribution in [2.75, 3.05) is 6.61 Å². The van der Waals surface area contributed by atoms with Crippen molar-refractivity contribution in [2.24, 2.45) is 23.3 Å². The summed E-state index contributed by atoms with van der Waals surface area (Å²) < 4.78 is 0. The van der Waals surface area contributed by atoms with Gasteiger partial charge in [-0.05, 0) is 11.8 Å². The van der Waals surface area contributed by atoms with E-state index in [2.05, 4.69) is 16.0 Å². The van der Waals surface area contributed by atoms with E-state index in [-0.39, 0.29) is 5.92 Å². The molecule has 0 aliphatic carbocycles. The number of aliphatic carboxylic acids is 1. The van der Waals surface area contributed by atoms with Gasteiger partial charge in [-0.1, -0.05) is 34.1 Å². The molecule has 0 aliphatic heterocycles. The van der Waals surface area contributed by atoms with Crippen molar-refractivity contribution in [1.29, 1.82) is 0 Å². The molecule has 12 nitrogen and oxygen atoms in total. The highest BCUT2D eigenvalue weighted by atomic mass is 16.4. The molecule has 0 spiro atoms. The second-order valence-corrected chi connectivity index (χ2v) is 7.46. The van der Waals surface area contributed by atoms with Crippen LogP contribution in [0.4, 0.5) is 0 Å². The molecule has 30 heavy (non-hydrogen) atoms. The third-order valence-corrected chi connectivity index (χ3v) is 4.60. The van der Waals surface area contributed by atoms with Crippen LogP contribution in [0.15, 0.2) is 0 Å². The molecule has 0 aromatic carbocycles. The van der Waals surface area contributed by atoms with Crippen LogP contribution in [0.1, 0.15) is 40.5 Å². The van der Waals surface area contributed by atoms with E-state index in [0.717, 1.165) is 0 Å². The van der Waals surface area contributed by atoms with E-state index in [4.69, 9.17) is 16.6 Å². The van der Waals surface area contributed by atoms with Gasteiger partial charge in [-0.15, -0.1) is 0 Å². The van der Waals surface area contributed by atoms with Crippen molar-refractivity contribution in [3.63, 3.8) is 0 Å².